The molecule has 34 heavy (non-hydrogen) atoms. The third kappa shape index (κ3) is 3.87. The molecule has 6 rings (SSSR count). The number of rotatable bonds is 4. The van der Waals surface area contributed by atoms with Gasteiger partial charge in [0.2, 0.25) is 0 Å². The second-order valence-electron chi connectivity index (χ2n) is 8.32. The van der Waals surface area contributed by atoms with Crippen LogP contribution >= 0.6 is 0 Å². The minimum atomic E-state index is 0.964. The molecule has 0 bridgehead atoms. The number of hydrogen-bond donors (Lipinski definition) is 0. The average Bonchev–Trinajstić information content (AvgIpc) is 2.93. The predicted molar refractivity (Wildman–Crippen MR) is 141 cm³/mol. The van der Waals surface area contributed by atoms with Crippen molar-refractivity contribution in [2.75, 3.05) is 0 Å². The van der Waals surface area contributed by atoms with Crippen LogP contribution in [0.1, 0.15) is 0 Å². The molecular formula is C32H22N2. The summed E-state index contributed by atoms with van der Waals surface area (Å²) in [6.45, 7) is 0. The van der Waals surface area contributed by atoms with E-state index in [-0.39, 0.29) is 0 Å². The lowest BCUT2D eigenvalue weighted by Crippen LogP contribution is -1.92. The summed E-state index contributed by atoms with van der Waals surface area (Å²) < 4.78 is 0. The van der Waals surface area contributed by atoms with Gasteiger partial charge in [-0.25, -0.2) is 4.98 Å². The molecule has 0 aliphatic carbocycles. The van der Waals surface area contributed by atoms with Gasteiger partial charge in [0.1, 0.15) is 0 Å². The Labute approximate surface area is 199 Å². The number of nitrogens with zero attached hydrogens (tertiary/aromatic N) is 2. The van der Waals surface area contributed by atoms with E-state index in [9.17, 15) is 0 Å². The highest BCUT2D eigenvalue weighted by molar-refractivity contribution is 5.95. The van der Waals surface area contributed by atoms with Crippen LogP contribution in [0.5, 0.6) is 0 Å². The van der Waals surface area contributed by atoms with Crippen molar-refractivity contribution in [3.63, 3.8) is 0 Å². The van der Waals surface area contributed by atoms with Crippen molar-refractivity contribution in [1.82, 2.24) is 9.97 Å². The number of aromatic nitrogens is 2. The Bertz CT molecular complexity index is 1530. The second-order valence-corrected chi connectivity index (χ2v) is 8.32. The fourth-order valence-electron chi connectivity index (χ4n) is 4.41. The van der Waals surface area contributed by atoms with E-state index in [1.54, 1.807) is 0 Å². The summed E-state index contributed by atoms with van der Waals surface area (Å²) in [5.41, 5.74) is 8.52. The van der Waals surface area contributed by atoms with Crippen molar-refractivity contribution >= 4 is 10.8 Å². The quantitative estimate of drug-likeness (QED) is 0.279. The van der Waals surface area contributed by atoms with E-state index in [4.69, 9.17) is 9.97 Å². The van der Waals surface area contributed by atoms with Crippen LogP contribution in [0.25, 0.3) is 55.7 Å². The molecule has 0 fully saturated rings. The summed E-state index contributed by atoms with van der Waals surface area (Å²) in [7, 11) is 0. The van der Waals surface area contributed by atoms with Crippen LogP contribution in [0.4, 0.5) is 0 Å². The van der Waals surface area contributed by atoms with Gasteiger partial charge in [0, 0.05) is 28.3 Å². The van der Waals surface area contributed by atoms with E-state index in [0.717, 1.165) is 50.3 Å². The summed E-state index contributed by atoms with van der Waals surface area (Å²) in [5.74, 6) is 0. The maximum atomic E-state index is 5.01. The molecule has 2 heterocycles. The van der Waals surface area contributed by atoms with Crippen molar-refractivity contribution in [3.05, 3.63) is 134 Å². The molecule has 0 aliphatic rings. The number of benzene rings is 4. The van der Waals surface area contributed by atoms with Crippen molar-refractivity contribution in [1.29, 1.82) is 0 Å². The van der Waals surface area contributed by atoms with E-state index in [2.05, 4.69) is 115 Å². The number of pyridine rings is 2. The van der Waals surface area contributed by atoms with Crippen molar-refractivity contribution in [3.8, 4) is 44.9 Å². The maximum absolute atomic E-state index is 5.01. The van der Waals surface area contributed by atoms with Crippen molar-refractivity contribution in [2.24, 2.45) is 0 Å². The first-order chi connectivity index (χ1) is 16.8. The first kappa shape index (κ1) is 20.1. The first-order valence-corrected chi connectivity index (χ1v) is 11.4. The summed E-state index contributed by atoms with van der Waals surface area (Å²) >= 11 is 0. The molecule has 160 valence electrons. The van der Waals surface area contributed by atoms with Crippen LogP contribution in [0.3, 0.4) is 0 Å². The fraction of sp³-hybridized carbons (Fsp3) is 0. The zero-order valence-corrected chi connectivity index (χ0v) is 18.6. The third-order valence-corrected chi connectivity index (χ3v) is 6.11. The summed E-state index contributed by atoms with van der Waals surface area (Å²) in [4.78, 5) is 9.74. The standard InChI is InChI=1S/C32H22N2/c1-3-11-24(12-4-1)30-21-28(22-31(34-30)25-13-5-2-6-14-25)26-15-9-16-27(20-26)32-29-17-8-7-10-23(29)18-19-33-32/h1-22H. The van der Waals surface area contributed by atoms with Gasteiger partial charge in [-0.3, -0.25) is 4.98 Å². The Morgan fingerprint density at radius 1 is 0.412 bits per heavy atom. The Hall–Kier alpha value is -4.56. The smallest absolute Gasteiger partial charge is 0.0780 e. The van der Waals surface area contributed by atoms with Crippen LogP contribution in [0.15, 0.2) is 134 Å². The highest BCUT2D eigenvalue weighted by Gasteiger charge is 2.11. The first-order valence-electron chi connectivity index (χ1n) is 11.4. The molecule has 0 atom stereocenters. The molecule has 0 radical (unpaired) electrons. The Balaban J connectivity index is 1.52. The fourth-order valence-corrected chi connectivity index (χ4v) is 4.41. The molecule has 4 aromatic carbocycles. The van der Waals surface area contributed by atoms with Crippen LogP contribution < -0.4 is 0 Å². The largest absolute Gasteiger partial charge is 0.256 e. The highest BCUT2D eigenvalue weighted by Crippen LogP contribution is 2.33. The molecule has 2 aromatic heterocycles. The Morgan fingerprint density at radius 3 is 1.71 bits per heavy atom. The molecule has 0 saturated heterocycles. The van der Waals surface area contributed by atoms with E-state index in [0.29, 0.717) is 0 Å². The van der Waals surface area contributed by atoms with Crippen molar-refractivity contribution in [2.45, 2.75) is 0 Å². The van der Waals surface area contributed by atoms with Gasteiger partial charge in [-0.15, -0.1) is 0 Å². The minimum Gasteiger partial charge on any atom is -0.256 e. The van der Waals surface area contributed by atoms with Crippen LogP contribution in [0.2, 0.25) is 0 Å². The van der Waals surface area contributed by atoms with Gasteiger partial charge in [-0.1, -0.05) is 103 Å². The molecule has 0 aliphatic heterocycles. The lowest BCUT2D eigenvalue weighted by atomic mass is 9.97. The van der Waals surface area contributed by atoms with E-state index in [1.807, 2.05) is 18.3 Å². The van der Waals surface area contributed by atoms with Crippen molar-refractivity contribution < 1.29 is 0 Å². The molecule has 0 amide bonds. The summed E-state index contributed by atoms with van der Waals surface area (Å²) in [6.07, 6.45) is 1.89. The zero-order valence-electron chi connectivity index (χ0n) is 18.6. The van der Waals surface area contributed by atoms with Crippen LogP contribution in [-0.2, 0) is 0 Å². The topological polar surface area (TPSA) is 25.8 Å². The Morgan fingerprint density at radius 2 is 1.00 bits per heavy atom. The molecule has 0 N–H and O–H groups in total. The Kier molecular flexibility index (Phi) is 5.17. The predicted octanol–water partition coefficient (Wildman–Crippen LogP) is 8.30. The molecule has 0 spiro atoms. The van der Waals surface area contributed by atoms with Gasteiger partial charge in [0.05, 0.1) is 17.1 Å². The molecule has 2 nitrogen and oxygen atoms in total. The number of hydrogen-bond acceptors (Lipinski definition) is 2. The number of fused-ring (bicyclic) bond motifs is 1. The molecule has 6 aromatic rings. The molecule has 0 unspecified atom stereocenters. The summed E-state index contributed by atoms with van der Waals surface area (Å²) in [5, 5.41) is 2.35. The minimum absolute atomic E-state index is 0.964. The highest BCUT2D eigenvalue weighted by atomic mass is 14.7. The van der Waals surface area contributed by atoms with Gasteiger partial charge < -0.3 is 0 Å². The molecule has 2 heteroatoms. The lowest BCUT2D eigenvalue weighted by molar-refractivity contribution is 1.32. The second kappa shape index (κ2) is 8.76. The van der Waals surface area contributed by atoms with Crippen LogP contribution in [0, 0.1) is 0 Å². The normalized spacial score (nSPS) is 10.9. The average molecular weight is 435 g/mol. The summed E-state index contributed by atoms with van der Waals surface area (Å²) in [6, 6.07) is 44.2. The van der Waals surface area contributed by atoms with E-state index in [1.165, 1.54) is 5.39 Å². The van der Waals surface area contributed by atoms with Gasteiger partial charge in [-0.2, -0.15) is 0 Å². The zero-order chi connectivity index (χ0) is 22.7. The third-order valence-electron chi connectivity index (χ3n) is 6.11. The van der Waals surface area contributed by atoms with Gasteiger partial charge in [0.25, 0.3) is 0 Å². The molecular weight excluding hydrogens is 412 g/mol. The maximum Gasteiger partial charge on any atom is 0.0780 e. The lowest BCUT2D eigenvalue weighted by Gasteiger charge is -2.12. The van der Waals surface area contributed by atoms with E-state index >= 15 is 0 Å². The molecule has 0 saturated carbocycles. The SMILES string of the molecule is c1ccc(-c2cc(-c3cccc(-c4nccc5ccccc45)c3)cc(-c3ccccc3)n2)cc1. The van der Waals surface area contributed by atoms with Gasteiger partial charge >= 0.3 is 0 Å². The van der Waals surface area contributed by atoms with Crippen LogP contribution in [-0.4, -0.2) is 9.97 Å². The van der Waals surface area contributed by atoms with E-state index < -0.39 is 0 Å². The van der Waals surface area contributed by atoms with Gasteiger partial charge in [-0.05, 0) is 40.8 Å². The monoisotopic (exact) mass is 434 g/mol. The van der Waals surface area contributed by atoms with Gasteiger partial charge in [0.15, 0.2) is 0 Å².